The average molecular weight is 320 g/mol. The van der Waals surface area contributed by atoms with Crippen molar-refractivity contribution in [3.8, 4) is 5.75 Å². The first-order chi connectivity index (χ1) is 11.1. The topological polar surface area (TPSA) is 95.9 Å². The number of carbonyl (C=O) groups is 3. The van der Waals surface area contributed by atoms with Crippen molar-refractivity contribution >= 4 is 23.5 Å². The number of anilines is 1. The van der Waals surface area contributed by atoms with Gasteiger partial charge in [-0.05, 0) is 25.0 Å². The van der Waals surface area contributed by atoms with E-state index in [-0.39, 0.29) is 31.4 Å². The molecule has 1 aromatic carbocycles. The molecule has 0 unspecified atom stereocenters. The third kappa shape index (κ3) is 4.98. The van der Waals surface area contributed by atoms with Crippen LogP contribution in [-0.2, 0) is 14.4 Å². The molecule has 7 nitrogen and oxygen atoms in total. The lowest BCUT2D eigenvalue weighted by Gasteiger charge is -2.28. The highest BCUT2D eigenvalue weighted by atomic mass is 16.5. The van der Waals surface area contributed by atoms with Crippen LogP contribution < -0.4 is 15.0 Å². The molecule has 124 valence electrons. The standard InChI is InChI=1S/C16H20N2O5/c19-14(17-9-5-1-2-8-16(21)22)10-18-12-6-3-4-7-13(12)23-11-15(18)20/h3-4,6-7H,1-2,5,8-11H2,(H,17,19)(H,21,22). The first kappa shape index (κ1) is 16.8. The molecule has 0 spiro atoms. The van der Waals surface area contributed by atoms with Gasteiger partial charge in [0, 0.05) is 13.0 Å². The summed E-state index contributed by atoms with van der Waals surface area (Å²) < 4.78 is 5.32. The summed E-state index contributed by atoms with van der Waals surface area (Å²) in [5, 5.41) is 11.3. The Bertz CT molecular complexity index is 588. The lowest BCUT2D eigenvalue weighted by atomic mass is 10.2. The summed E-state index contributed by atoms with van der Waals surface area (Å²) in [4.78, 5) is 35.7. The van der Waals surface area contributed by atoms with Crippen molar-refractivity contribution in [2.45, 2.75) is 25.7 Å². The van der Waals surface area contributed by atoms with Gasteiger partial charge in [-0.25, -0.2) is 0 Å². The quantitative estimate of drug-likeness (QED) is 0.701. The number of unbranched alkanes of at least 4 members (excludes halogenated alkanes) is 2. The molecule has 1 aliphatic rings. The summed E-state index contributed by atoms with van der Waals surface area (Å²) >= 11 is 0. The normalized spacial score (nSPS) is 13.2. The molecule has 0 aromatic heterocycles. The van der Waals surface area contributed by atoms with Gasteiger partial charge in [0.25, 0.3) is 5.91 Å². The highest BCUT2D eigenvalue weighted by Crippen LogP contribution is 2.31. The zero-order valence-corrected chi connectivity index (χ0v) is 12.8. The second-order valence-corrected chi connectivity index (χ2v) is 5.29. The zero-order chi connectivity index (χ0) is 16.7. The van der Waals surface area contributed by atoms with Crippen molar-refractivity contribution in [3.05, 3.63) is 24.3 Å². The number of carboxylic acids is 1. The molecular formula is C16H20N2O5. The minimum atomic E-state index is -0.807. The number of benzene rings is 1. The van der Waals surface area contributed by atoms with E-state index in [2.05, 4.69) is 5.32 Å². The summed E-state index contributed by atoms with van der Waals surface area (Å²) in [5.74, 6) is -0.708. The van der Waals surface area contributed by atoms with Crippen LogP contribution in [0.4, 0.5) is 5.69 Å². The predicted octanol–water partition coefficient (Wildman–Crippen LogP) is 1.17. The molecule has 7 heteroatoms. The van der Waals surface area contributed by atoms with Crippen LogP contribution in [0.25, 0.3) is 0 Å². The Morgan fingerprint density at radius 3 is 2.78 bits per heavy atom. The molecule has 1 heterocycles. The Morgan fingerprint density at radius 2 is 2.00 bits per heavy atom. The summed E-state index contributed by atoms with van der Waals surface area (Å²) in [6, 6.07) is 7.10. The molecule has 2 rings (SSSR count). The molecule has 0 fully saturated rings. The lowest BCUT2D eigenvalue weighted by molar-refractivity contribution is -0.137. The van der Waals surface area contributed by atoms with Gasteiger partial charge in [-0.1, -0.05) is 18.6 Å². The van der Waals surface area contributed by atoms with Crippen LogP contribution in [0.1, 0.15) is 25.7 Å². The van der Waals surface area contributed by atoms with Crippen LogP contribution >= 0.6 is 0 Å². The van der Waals surface area contributed by atoms with E-state index in [4.69, 9.17) is 9.84 Å². The molecule has 0 radical (unpaired) electrons. The SMILES string of the molecule is O=C(O)CCCCCNC(=O)CN1C(=O)COc2ccccc21. The molecule has 0 bridgehead atoms. The van der Waals surface area contributed by atoms with Gasteiger partial charge in [-0.3, -0.25) is 19.3 Å². The van der Waals surface area contributed by atoms with Crippen LogP contribution in [0.15, 0.2) is 24.3 Å². The van der Waals surface area contributed by atoms with Crippen molar-refractivity contribution in [3.63, 3.8) is 0 Å². The number of nitrogens with one attached hydrogen (secondary N) is 1. The van der Waals surface area contributed by atoms with Gasteiger partial charge < -0.3 is 15.2 Å². The van der Waals surface area contributed by atoms with E-state index in [9.17, 15) is 14.4 Å². The predicted molar refractivity (Wildman–Crippen MR) is 83.4 cm³/mol. The molecule has 2 N–H and O–H groups in total. The molecule has 1 aromatic rings. The second kappa shape index (κ2) is 8.17. The third-order valence-electron chi connectivity index (χ3n) is 3.50. The number of amides is 2. The number of para-hydroxylation sites is 2. The van der Waals surface area contributed by atoms with Gasteiger partial charge in [0.15, 0.2) is 6.61 Å². The van der Waals surface area contributed by atoms with E-state index in [1.165, 1.54) is 4.90 Å². The number of carboxylic acid groups (broad SMARTS) is 1. The summed E-state index contributed by atoms with van der Waals surface area (Å²) in [6.07, 6.45) is 2.20. The van der Waals surface area contributed by atoms with Gasteiger partial charge in [-0.15, -0.1) is 0 Å². The lowest BCUT2D eigenvalue weighted by Crippen LogP contribution is -2.45. The van der Waals surface area contributed by atoms with Gasteiger partial charge in [0.2, 0.25) is 5.91 Å². The van der Waals surface area contributed by atoms with Crippen molar-refractivity contribution < 1.29 is 24.2 Å². The van der Waals surface area contributed by atoms with Gasteiger partial charge in [0.1, 0.15) is 12.3 Å². The second-order valence-electron chi connectivity index (χ2n) is 5.29. The van der Waals surface area contributed by atoms with Crippen molar-refractivity contribution in [2.24, 2.45) is 0 Å². The van der Waals surface area contributed by atoms with Crippen LogP contribution in [0.2, 0.25) is 0 Å². The Hall–Kier alpha value is -2.57. The minimum Gasteiger partial charge on any atom is -0.482 e. The minimum absolute atomic E-state index is 0.0473. The van der Waals surface area contributed by atoms with Crippen LogP contribution in [0.3, 0.4) is 0 Å². The Kier molecular flexibility index (Phi) is 5.96. The number of aliphatic carboxylic acids is 1. The number of ether oxygens (including phenoxy) is 1. The maximum absolute atomic E-state index is 12.0. The molecular weight excluding hydrogens is 300 g/mol. The molecule has 23 heavy (non-hydrogen) atoms. The van der Waals surface area contributed by atoms with Crippen molar-refractivity contribution in [2.75, 3.05) is 24.6 Å². The van der Waals surface area contributed by atoms with Crippen LogP contribution in [0, 0.1) is 0 Å². The smallest absolute Gasteiger partial charge is 0.303 e. The highest BCUT2D eigenvalue weighted by Gasteiger charge is 2.26. The Morgan fingerprint density at radius 1 is 1.22 bits per heavy atom. The maximum atomic E-state index is 12.0. The van der Waals surface area contributed by atoms with Gasteiger partial charge >= 0.3 is 5.97 Å². The van der Waals surface area contributed by atoms with E-state index in [1.54, 1.807) is 18.2 Å². The summed E-state index contributed by atoms with van der Waals surface area (Å²) in [7, 11) is 0. The number of hydrogen-bond acceptors (Lipinski definition) is 4. The average Bonchev–Trinajstić information content (AvgIpc) is 2.53. The van der Waals surface area contributed by atoms with Gasteiger partial charge in [-0.2, -0.15) is 0 Å². The first-order valence-corrected chi connectivity index (χ1v) is 7.58. The molecule has 2 amide bonds. The number of carbonyl (C=O) groups excluding carboxylic acids is 2. The van der Waals surface area contributed by atoms with Crippen LogP contribution in [0.5, 0.6) is 5.75 Å². The fourth-order valence-electron chi connectivity index (χ4n) is 2.33. The van der Waals surface area contributed by atoms with E-state index in [0.29, 0.717) is 30.8 Å². The first-order valence-electron chi connectivity index (χ1n) is 7.58. The molecule has 0 aliphatic carbocycles. The van der Waals surface area contributed by atoms with Crippen molar-refractivity contribution in [1.82, 2.24) is 5.32 Å². The van der Waals surface area contributed by atoms with Crippen molar-refractivity contribution in [1.29, 1.82) is 0 Å². The zero-order valence-electron chi connectivity index (χ0n) is 12.8. The highest BCUT2D eigenvalue weighted by molar-refractivity contribution is 6.02. The number of fused-ring (bicyclic) bond motifs is 1. The Labute approximate surface area is 134 Å². The fraction of sp³-hybridized carbons (Fsp3) is 0.438. The van der Waals surface area contributed by atoms with Crippen LogP contribution in [-0.4, -0.2) is 42.6 Å². The van der Waals surface area contributed by atoms with E-state index < -0.39 is 5.97 Å². The monoisotopic (exact) mass is 320 g/mol. The molecule has 0 saturated carbocycles. The van der Waals surface area contributed by atoms with Gasteiger partial charge in [0.05, 0.1) is 5.69 Å². The number of hydrogen-bond donors (Lipinski definition) is 2. The van der Waals surface area contributed by atoms with E-state index in [1.807, 2.05) is 6.07 Å². The van der Waals surface area contributed by atoms with E-state index in [0.717, 1.165) is 6.42 Å². The summed E-state index contributed by atoms with van der Waals surface area (Å²) in [5.41, 5.74) is 0.598. The summed E-state index contributed by atoms with van der Waals surface area (Å²) in [6.45, 7) is 0.354. The number of nitrogens with zero attached hydrogens (tertiary/aromatic N) is 1. The Balaban J connectivity index is 1.77. The molecule has 0 saturated heterocycles. The molecule has 1 aliphatic heterocycles. The maximum Gasteiger partial charge on any atom is 0.303 e. The fourth-order valence-corrected chi connectivity index (χ4v) is 2.33. The van der Waals surface area contributed by atoms with E-state index >= 15 is 0 Å². The number of rotatable bonds is 8. The molecule has 0 atom stereocenters. The largest absolute Gasteiger partial charge is 0.482 e. The third-order valence-corrected chi connectivity index (χ3v) is 3.50.